The number of H-pyrrole nitrogens is 1. The van der Waals surface area contributed by atoms with Crippen molar-refractivity contribution in [2.24, 2.45) is 17.6 Å². The van der Waals surface area contributed by atoms with E-state index in [4.69, 9.17) is 5.73 Å². The number of hydrogen-bond acceptors (Lipinski definition) is 2. The molecule has 0 radical (unpaired) electrons. The monoisotopic (exact) mass is 383 g/mol. The zero-order chi connectivity index (χ0) is 14.5. The highest BCUT2D eigenvalue weighted by Crippen LogP contribution is 2.20. The van der Waals surface area contributed by atoms with Gasteiger partial charge in [-0.25, -0.2) is 4.98 Å². The number of rotatable bonds is 6. The first-order valence-corrected chi connectivity index (χ1v) is 8.16. The lowest BCUT2D eigenvalue weighted by atomic mass is 9.94. The molecule has 0 aliphatic carbocycles. The van der Waals surface area contributed by atoms with Crippen LogP contribution in [0.15, 0.2) is 30.5 Å². The van der Waals surface area contributed by atoms with E-state index < -0.39 is 0 Å². The van der Waals surface area contributed by atoms with E-state index in [0.29, 0.717) is 11.8 Å². The number of nitrogens with two attached hydrogens (primary N) is 1. The molecule has 20 heavy (non-hydrogen) atoms. The fraction of sp³-hybridized carbons (Fsp3) is 0.438. The molecule has 1 heterocycles. The molecule has 0 saturated heterocycles. The molecule has 1 atom stereocenters. The summed E-state index contributed by atoms with van der Waals surface area (Å²) in [5, 5.41) is 0. The SMILES string of the molecule is CC(C)CC(CN)Cc1ncc(-c2ccc(I)cc2)[nH]1. The minimum atomic E-state index is 0.505. The van der Waals surface area contributed by atoms with Crippen LogP contribution in [0.3, 0.4) is 0 Å². The van der Waals surface area contributed by atoms with E-state index in [9.17, 15) is 0 Å². The van der Waals surface area contributed by atoms with E-state index in [1.807, 2.05) is 6.20 Å². The Kier molecular flexibility index (Phi) is 5.60. The van der Waals surface area contributed by atoms with Crippen LogP contribution in [0.25, 0.3) is 11.3 Å². The van der Waals surface area contributed by atoms with Crippen LogP contribution in [0, 0.1) is 15.4 Å². The molecule has 2 aromatic rings. The van der Waals surface area contributed by atoms with Crippen molar-refractivity contribution < 1.29 is 0 Å². The van der Waals surface area contributed by atoms with Crippen LogP contribution in [0.2, 0.25) is 0 Å². The van der Waals surface area contributed by atoms with Gasteiger partial charge in [-0.05, 0) is 65.1 Å². The standard InChI is InChI=1S/C16H22IN3/c1-11(2)7-12(9-18)8-16-19-10-15(20-16)13-3-5-14(17)6-4-13/h3-6,10-12H,7-9,18H2,1-2H3,(H,19,20). The van der Waals surface area contributed by atoms with Gasteiger partial charge in [0.2, 0.25) is 0 Å². The van der Waals surface area contributed by atoms with Gasteiger partial charge in [0, 0.05) is 9.99 Å². The van der Waals surface area contributed by atoms with Gasteiger partial charge in [-0.15, -0.1) is 0 Å². The number of nitrogens with one attached hydrogen (secondary N) is 1. The summed E-state index contributed by atoms with van der Waals surface area (Å²) in [6.07, 6.45) is 4.00. The van der Waals surface area contributed by atoms with Gasteiger partial charge in [0.05, 0.1) is 11.9 Å². The third kappa shape index (κ3) is 4.31. The van der Waals surface area contributed by atoms with Gasteiger partial charge in [0.1, 0.15) is 5.82 Å². The molecule has 3 nitrogen and oxygen atoms in total. The third-order valence-corrected chi connectivity index (χ3v) is 4.12. The van der Waals surface area contributed by atoms with Gasteiger partial charge >= 0.3 is 0 Å². The van der Waals surface area contributed by atoms with E-state index >= 15 is 0 Å². The normalized spacial score (nSPS) is 12.8. The average molecular weight is 383 g/mol. The number of aromatic amines is 1. The molecule has 1 aromatic carbocycles. The fourth-order valence-corrected chi connectivity index (χ4v) is 2.80. The first kappa shape index (κ1) is 15.5. The molecule has 4 heteroatoms. The summed E-state index contributed by atoms with van der Waals surface area (Å²) in [4.78, 5) is 7.91. The van der Waals surface area contributed by atoms with Crippen molar-refractivity contribution in [3.8, 4) is 11.3 Å². The van der Waals surface area contributed by atoms with E-state index in [2.05, 4.69) is 70.7 Å². The molecule has 0 aliphatic heterocycles. The molecule has 1 unspecified atom stereocenters. The van der Waals surface area contributed by atoms with Crippen molar-refractivity contribution in [1.82, 2.24) is 9.97 Å². The maximum Gasteiger partial charge on any atom is 0.106 e. The second-order valence-corrected chi connectivity index (χ2v) is 6.93. The lowest BCUT2D eigenvalue weighted by molar-refractivity contribution is 0.409. The minimum Gasteiger partial charge on any atom is -0.342 e. The van der Waals surface area contributed by atoms with E-state index in [-0.39, 0.29) is 0 Å². The van der Waals surface area contributed by atoms with Crippen molar-refractivity contribution in [2.75, 3.05) is 6.54 Å². The van der Waals surface area contributed by atoms with Crippen LogP contribution in [-0.4, -0.2) is 16.5 Å². The van der Waals surface area contributed by atoms with E-state index in [0.717, 1.165) is 30.9 Å². The Bertz CT molecular complexity index is 531. The molecule has 0 amide bonds. The molecule has 0 saturated carbocycles. The van der Waals surface area contributed by atoms with Gasteiger partial charge in [-0.3, -0.25) is 0 Å². The van der Waals surface area contributed by atoms with Crippen LogP contribution in [0.1, 0.15) is 26.1 Å². The van der Waals surface area contributed by atoms with Crippen molar-refractivity contribution in [3.63, 3.8) is 0 Å². The number of imidazole rings is 1. The van der Waals surface area contributed by atoms with Gasteiger partial charge in [-0.2, -0.15) is 0 Å². The Morgan fingerprint density at radius 2 is 1.95 bits per heavy atom. The number of aromatic nitrogens is 2. The van der Waals surface area contributed by atoms with E-state index in [1.54, 1.807) is 0 Å². The lowest BCUT2D eigenvalue weighted by Crippen LogP contribution is -2.19. The summed E-state index contributed by atoms with van der Waals surface area (Å²) >= 11 is 2.31. The van der Waals surface area contributed by atoms with Crippen molar-refractivity contribution in [1.29, 1.82) is 0 Å². The minimum absolute atomic E-state index is 0.505. The summed E-state index contributed by atoms with van der Waals surface area (Å²) < 4.78 is 1.24. The third-order valence-electron chi connectivity index (χ3n) is 3.40. The summed E-state index contributed by atoms with van der Waals surface area (Å²) in [5.41, 5.74) is 8.12. The molecule has 0 aliphatic rings. The van der Waals surface area contributed by atoms with Gasteiger partial charge < -0.3 is 10.7 Å². The highest BCUT2D eigenvalue weighted by molar-refractivity contribution is 14.1. The highest BCUT2D eigenvalue weighted by Gasteiger charge is 2.12. The quantitative estimate of drug-likeness (QED) is 0.745. The van der Waals surface area contributed by atoms with Crippen LogP contribution < -0.4 is 5.73 Å². The molecule has 0 bridgehead atoms. The Labute approximate surface area is 134 Å². The van der Waals surface area contributed by atoms with Crippen LogP contribution in [-0.2, 0) is 6.42 Å². The summed E-state index contributed by atoms with van der Waals surface area (Å²) in [6, 6.07) is 8.46. The molecule has 1 aromatic heterocycles. The lowest BCUT2D eigenvalue weighted by Gasteiger charge is -2.15. The molecule has 0 spiro atoms. The smallest absolute Gasteiger partial charge is 0.106 e. The Hall–Kier alpha value is -0.880. The number of nitrogens with zero attached hydrogens (tertiary/aromatic N) is 1. The number of benzene rings is 1. The van der Waals surface area contributed by atoms with Crippen LogP contribution in [0.5, 0.6) is 0 Å². The molecular weight excluding hydrogens is 361 g/mol. The Balaban J connectivity index is 2.06. The first-order chi connectivity index (χ1) is 9.58. The summed E-state index contributed by atoms with van der Waals surface area (Å²) in [7, 11) is 0. The topological polar surface area (TPSA) is 54.7 Å². The Morgan fingerprint density at radius 3 is 2.55 bits per heavy atom. The maximum atomic E-state index is 5.86. The number of halogens is 1. The van der Waals surface area contributed by atoms with Crippen LogP contribution in [0.4, 0.5) is 0 Å². The summed E-state index contributed by atoms with van der Waals surface area (Å²) in [6.45, 7) is 5.20. The van der Waals surface area contributed by atoms with Crippen LogP contribution >= 0.6 is 22.6 Å². The highest BCUT2D eigenvalue weighted by atomic mass is 127. The predicted octanol–water partition coefficient (Wildman–Crippen LogP) is 3.84. The molecule has 3 N–H and O–H groups in total. The predicted molar refractivity (Wildman–Crippen MR) is 92.4 cm³/mol. The van der Waals surface area contributed by atoms with Crippen molar-refractivity contribution in [3.05, 3.63) is 39.9 Å². The molecule has 108 valence electrons. The Morgan fingerprint density at radius 1 is 1.25 bits per heavy atom. The largest absolute Gasteiger partial charge is 0.342 e. The average Bonchev–Trinajstić information content (AvgIpc) is 2.87. The van der Waals surface area contributed by atoms with E-state index in [1.165, 1.54) is 9.13 Å². The summed E-state index contributed by atoms with van der Waals surface area (Å²) in [5.74, 6) is 2.22. The number of hydrogen-bond donors (Lipinski definition) is 2. The molecule has 0 fully saturated rings. The zero-order valence-corrected chi connectivity index (χ0v) is 14.2. The van der Waals surface area contributed by atoms with Crippen molar-refractivity contribution >= 4 is 22.6 Å². The second-order valence-electron chi connectivity index (χ2n) is 5.69. The second kappa shape index (κ2) is 7.22. The fourth-order valence-electron chi connectivity index (χ4n) is 2.45. The van der Waals surface area contributed by atoms with Gasteiger partial charge in [-0.1, -0.05) is 26.0 Å². The molecule has 2 rings (SSSR count). The zero-order valence-electron chi connectivity index (χ0n) is 12.1. The van der Waals surface area contributed by atoms with Crippen molar-refractivity contribution in [2.45, 2.75) is 26.7 Å². The maximum absolute atomic E-state index is 5.86. The first-order valence-electron chi connectivity index (χ1n) is 7.08. The van der Waals surface area contributed by atoms with Gasteiger partial charge in [0.25, 0.3) is 0 Å². The van der Waals surface area contributed by atoms with Gasteiger partial charge in [0.15, 0.2) is 0 Å². The molecular formula is C16H22IN3.